The van der Waals surface area contributed by atoms with Crippen LogP contribution in [-0.4, -0.2) is 4.98 Å². The molecule has 0 radical (unpaired) electrons. The molecule has 5 N–H and O–H groups in total. The Kier molecular flexibility index (Phi) is 3.23. The van der Waals surface area contributed by atoms with Gasteiger partial charge in [-0.15, -0.1) is 0 Å². The van der Waals surface area contributed by atoms with Crippen molar-refractivity contribution in [1.29, 1.82) is 0 Å². The number of nitrogens with two attached hydrogens (primary N) is 2. The van der Waals surface area contributed by atoms with E-state index in [0.717, 1.165) is 5.56 Å². The first kappa shape index (κ1) is 11.4. The second-order valence-electron chi connectivity index (χ2n) is 3.64. The third-order valence-corrected chi connectivity index (χ3v) is 2.79. The fourth-order valence-electron chi connectivity index (χ4n) is 2.07. The van der Waals surface area contributed by atoms with E-state index in [0.29, 0.717) is 0 Å². The van der Waals surface area contributed by atoms with E-state index in [1.165, 1.54) is 21.8 Å². The van der Waals surface area contributed by atoms with Gasteiger partial charge >= 0.3 is 0 Å². The summed E-state index contributed by atoms with van der Waals surface area (Å²) < 4.78 is 0. The number of hydrazine groups is 1. The van der Waals surface area contributed by atoms with E-state index >= 15 is 0 Å². The minimum atomic E-state index is 1.16. The maximum Gasteiger partial charge on any atom is 0.0538 e. The number of nitrogens with one attached hydrogen (secondary N) is 1. The molecule has 3 aromatic rings. The third kappa shape index (κ3) is 1.82. The Morgan fingerprint density at radius 3 is 2.41 bits per heavy atom. The Labute approximate surface area is 99.7 Å². The lowest BCUT2D eigenvalue weighted by Crippen LogP contribution is -2.02. The van der Waals surface area contributed by atoms with Crippen LogP contribution in [0.4, 0.5) is 0 Å². The van der Waals surface area contributed by atoms with Crippen molar-refractivity contribution in [1.82, 2.24) is 4.98 Å². The average molecular weight is 225 g/mol. The average Bonchev–Trinajstić information content (AvgIpc) is 2.79. The van der Waals surface area contributed by atoms with Gasteiger partial charge in [0.25, 0.3) is 0 Å². The Hall–Kier alpha value is -2.10. The lowest BCUT2D eigenvalue weighted by Gasteiger charge is -1.94. The number of benzene rings is 2. The fraction of sp³-hybridized carbons (Fsp3) is 0. The van der Waals surface area contributed by atoms with Gasteiger partial charge in [-0.3, -0.25) is 11.7 Å². The number of hydrogen-bond acceptors (Lipinski definition) is 2. The molecule has 2 aromatic carbocycles. The van der Waals surface area contributed by atoms with Gasteiger partial charge in [0.05, 0.1) is 5.52 Å². The Morgan fingerprint density at radius 1 is 0.941 bits per heavy atom. The number of para-hydroxylation sites is 2. The van der Waals surface area contributed by atoms with Gasteiger partial charge in [0.15, 0.2) is 0 Å². The van der Waals surface area contributed by atoms with Gasteiger partial charge in [-0.05, 0) is 11.6 Å². The molecule has 3 rings (SSSR count). The molecule has 0 bridgehead atoms. The molecule has 3 heteroatoms. The molecule has 0 spiro atoms. The highest BCUT2D eigenvalue weighted by Gasteiger charge is 2.04. The topological polar surface area (TPSA) is 67.8 Å². The summed E-state index contributed by atoms with van der Waals surface area (Å²) in [6.45, 7) is 3.83. The summed E-state index contributed by atoms with van der Waals surface area (Å²) in [5.41, 5.74) is 3.51. The second kappa shape index (κ2) is 4.82. The zero-order chi connectivity index (χ0) is 12.3. The van der Waals surface area contributed by atoms with Crippen molar-refractivity contribution in [3.8, 4) is 0 Å². The summed E-state index contributed by atoms with van der Waals surface area (Å²) in [5.74, 6) is 8.00. The summed E-state index contributed by atoms with van der Waals surface area (Å²) in [6.07, 6.45) is 1.89. The van der Waals surface area contributed by atoms with E-state index in [2.05, 4.69) is 59.6 Å². The summed E-state index contributed by atoms with van der Waals surface area (Å²) in [6, 6.07) is 14.6. The van der Waals surface area contributed by atoms with Crippen molar-refractivity contribution < 1.29 is 0 Å². The van der Waals surface area contributed by atoms with Crippen molar-refractivity contribution in [3.63, 3.8) is 0 Å². The molecule has 0 aliphatic heterocycles. The number of H-pyrrole nitrogens is 1. The molecule has 3 nitrogen and oxygen atoms in total. The molecule has 0 saturated heterocycles. The van der Waals surface area contributed by atoms with Crippen LogP contribution in [0.15, 0.2) is 49.0 Å². The van der Waals surface area contributed by atoms with Crippen LogP contribution in [0.3, 0.4) is 0 Å². The molecular weight excluding hydrogens is 210 g/mol. The molecule has 0 amide bonds. The van der Waals surface area contributed by atoms with Crippen LogP contribution in [0.5, 0.6) is 0 Å². The largest absolute Gasteiger partial charge is 0.354 e. The van der Waals surface area contributed by atoms with E-state index in [1.807, 2.05) is 12.1 Å². The van der Waals surface area contributed by atoms with Crippen LogP contribution in [0.25, 0.3) is 27.9 Å². The summed E-state index contributed by atoms with van der Waals surface area (Å²) >= 11 is 0. The second-order valence-corrected chi connectivity index (χ2v) is 3.64. The Morgan fingerprint density at radius 2 is 1.65 bits per heavy atom. The highest BCUT2D eigenvalue weighted by Crippen LogP contribution is 2.27. The van der Waals surface area contributed by atoms with Gasteiger partial charge in [0, 0.05) is 16.3 Å². The summed E-state index contributed by atoms with van der Waals surface area (Å²) in [4.78, 5) is 3.43. The van der Waals surface area contributed by atoms with Crippen LogP contribution in [-0.2, 0) is 0 Å². The lowest BCUT2D eigenvalue weighted by molar-refractivity contribution is 1.26. The molecule has 0 aliphatic rings. The van der Waals surface area contributed by atoms with Crippen LogP contribution < -0.4 is 11.7 Å². The normalized spacial score (nSPS) is 10.0. The Bertz CT molecular complexity index is 653. The number of rotatable bonds is 1. The molecule has 17 heavy (non-hydrogen) atoms. The summed E-state index contributed by atoms with van der Waals surface area (Å²) in [5, 5.41) is 2.54. The van der Waals surface area contributed by atoms with Crippen molar-refractivity contribution in [3.05, 3.63) is 54.6 Å². The molecule has 0 fully saturated rings. The van der Waals surface area contributed by atoms with Crippen LogP contribution in [0, 0.1) is 0 Å². The van der Waals surface area contributed by atoms with Gasteiger partial charge in [-0.1, -0.05) is 49.1 Å². The molecule has 0 saturated carbocycles. The van der Waals surface area contributed by atoms with Gasteiger partial charge in [-0.2, -0.15) is 0 Å². The first-order valence-corrected chi connectivity index (χ1v) is 5.35. The third-order valence-electron chi connectivity index (χ3n) is 2.79. The van der Waals surface area contributed by atoms with Crippen molar-refractivity contribution >= 4 is 27.9 Å². The SMILES string of the molecule is C=Cc1cccc2c1[nH]c1ccccc12.NN. The molecule has 0 unspecified atom stereocenters. The van der Waals surface area contributed by atoms with E-state index in [4.69, 9.17) is 0 Å². The van der Waals surface area contributed by atoms with Gasteiger partial charge in [-0.25, -0.2) is 0 Å². The van der Waals surface area contributed by atoms with E-state index in [1.54, 1.807) is 0 Å². The molecule has 1 heterocycles. The zero-order valence-electron chi connectivity index (χ0n) is 9.48. The maximum atomic E-state index is 4.00. The highest BCUT2D eigenvalue weighted by atomic mass is 15.0. The fourth-order valence-corrected chi connectivity index (χ4v) is 2.07. The van der Waals surface area contributed by atoms with Crippen molar-refractivity contribution in [2.75, 3.05) is 0 Å². The van der Waals surface area contributed by atoms with Crippen LogP contribution in [0.1, 0.15) is 5.56 Å². The monoisotopic (exact) mass is 225 g/mol. The maximum absolute atomic E-state index is 4.00. The lowest BCUT2D eigenvalue weighted by atomic mass is 10.1. The predicted octanol–water partition coefficient (Wildman–Crippen LogP) is 2.78. The standard InChI is InChI=1S/C14H11N.H4N2/c1-2-10-6-5-8-12-11-7-3-4-9-13(11)15-14(10)12;1-2/h2-9,15H,1H2;1-2H2. The van der Waals surface area contributed by atoms with Crippen molar-refractivity contribution in [2.24, 2.45) is 11.7 Å². The molecule has 1 aromatic heterocycles. The minimum Gasteiger partial charge on any atom is -0.354 e. The van der Waals surface area contributed by atoms with Gasteiger partial charge in [0.2, 0.25) is 0 Å². The number of hydrogen-bond donors (Lipinski definition) is 3. The highest BCUT2D eigenvalue weighted by molar-refractivity contribution is 6.09. The summed E-state index contributed by atoms with van der Waals surface area (Å²) in [7, 11) is 0. The van der Waals surface area contributed by atoms with Crippen LogP contribution >= 0.6 is 0 Å². The number of fused-ring (bicyclic) bond motifs is 3. The first-order chi connectivity index (χ1) is 8.40. The molecule has 0 atom stereocenters. The van der Waals surface area contributed by atoms with Gasteiger partial charge < -0.3 is 4.98 Å². The molecular formula is C14H15N3. The first-order valence-electron chi connectivity index (χ1n) is 5.35. The van der Waals surface area contributed by atoms with Crippen molar-refractivity contribution in [2.45, 2.75) is 0 Å². The molecule has 0 aliphatic carbocycles. The predicted molar refractivity (Wildman–Crippen MR) is 74.3 cm³/mol. The number of aromatic nitrogens is 1. The van der Waals surface area contributed by atoms with E-state index < -0.39 is 0 Å². The number of aromatic amines is 1. The van der Waals surface area contributed by atoms with Gasteiger partial charge in [0.1, 0.15) is 0 Å². The smallest absolute Gasteiger partial charge is 0.0538 e. The Balaban J connectivity index is 0.000000514. The minimum absolute atomic E-state index is 1.16. The van der Waals surface area contributed by atoms with E-state index in [-0.39, 0.29) is 0 Å². The van der Waals surface area contributed by atoms with E-state index in [9.17, 15) is 0 Å². The zero-order valence-corrected chi connectivity index (χ0v) is 9.48. The van der Waals surface area contributed by atoms with Crippen LogP contribution in [0.2, 0.25) is 0 Å². The quantitative estimate of drug-likeness (QED) is 0.440. The molecule has 86 valence electrons.